The number of benzene rings is 2. The molecule has 0 unspecified atom stereocenters. The van der Waals surface area contributed by atoms with Gasteiger partial charge < -0.3 is 5.32 Å². The van der Waals surface area contributed by atoms with Gasteiger partial charge in [0, 0.05) is 26.9 Å². The minimum absolute atomic E-state index is 0.326. The second-order valence-electron chi connectivity index (χ2n) is 5.85. The van der Waals surface area contributed by atoms with Gasteiger partial charge >= 0.3 is 0 Å². The lowest BCUT2D eigenvalue weighted by molar-refractivity contribution is 0.102. The molecule has 132 valence electrons. The quantitative estimate of drug-likeness (QED) is 0.743. The molecule has 8 heteroatoms. The summed E-state index contributed by atoms with van der Waals surface area (Å²) in [6.45, 7) is 0. The second kappa shape index (κ2) is 6.66. The van der Waals surface area contributed by atoms with Gasteiger partial charge in [0.15, 0.2) is 0 Å². The molecule has 0 radical (unpaired) electrons. The zero-order valence-corrected chi connectivity index (χ0v) is 15.0. The van der Waals surface area contributed by atoms with Crippen LogP contribution >= 0.6 is 11.6 Å². The number of carbonyl (C=O) groups is 1. The van der Waals surface area contributed by atoms with Crippen molar-refractivity contribution in [1.82, 2.24) is 9.78 Å². The number of hydrogen-bond acceptors (Lipinski definition) is 3. The molecule has 26 heavy (non-hydrogen) atoms. The van der Waals surface area contributed by atoms with Crippen molar-refractivity contribution in [2.45, 2.75) is 11.5 Å². The molecule has 1 aliphatic heterocycles. The first kappa shape index (κ1) is 16.9. The van der Waals surface area contributed by atoms with E-state index in [4.69, 9.17) is 11.6 Å². The topological polar surface area (TPSA) is 64.0 Å². The molecule has 0 fully saturated rings. The van der Waals surface area contributed by atoms with E-state index in [9.17, 15) is 13.4 Å². The standard InChI is InChI=1S/C18H13ClFN3O2S/c19-12-3-1-11(2-4-12)18(24)21-17-15-9-26(25)10-16(15)22-23(17)14-7-5-13(20)6-8-14/h1-8H,9-10H2,(H,21,24)/t26-/m1/s1. The van der Waals surface area contributed by atoms with Crippen molar-refractivity contribution in [3.8, 4) is 5.69 Å². The number of hydrogen-bond donors (Lipinski definition) is 1. The Hall–Kier alpha value is -2.51. The number of fused-ring (bicyclic) bond motifs is 1. The highest BCUT2D eigenvalue weighted by Crippen LogP contribution is 2.31. The zero-order valence-electron chi connectivity index (χ0n) is 13.4. The molecule has 0 bridgehead atoms. The summed E-state index contributed by atoms with van der Waals surface area (Å²) in [5.41, 5.74) is 2.47. The monoisotopic (exact) mass is 389 g/mol. The van der Waals surface area contributed by atoms with Gasteiger partial charge in [0.05, 0.1) is 22.9 Å². The Morgan fingerprint density at radius 3 is 2.50 bits per heavy atom. The van der Waals surface area contributed by atoms with Crippen LogP contribution in [0.1, 0.15) is 21.6 Å². The van der Waals surface area contributed by atoms with Gasteiger partial charge in [-0.05, 0) is 48.5 Å². The lowest BCUT2D eigenvalue weighted by Crippen LogP contribution is -2.16. The molecule has 1 aliphatic rings. The smallest absolute Gasteiger partial charge is 0.256 e. The molecule has 4 rings (SSSR count). The summed E-state index contributed by atoms with van der Waals surface area (Å²) in [5, 5.41) is 7.85. The van der Waals surface area contributed by atoms with Crippen molar-refractivity contribution in [2.24, 2.45) is 0 Å². The number of carbonyl (C=O) groups excluding carboxylic acids is 1. The SMILES string of the molecule is O=C(Nc1c2c(nn1-c1ccc(F)cc1)C[S@](=O)C2)c1ccc(Cl)cc1. The van der Waals surface area contributed by atoms with Crippen LogP contribution in [0.2, 0.25) is 5.02 Å². The molecule has 1 atom stereocenters. The van der Waals surface area contributed by atoms with Gasteiger partial charge in [-0.15, -0.1) is 0 Å². The average Bonchev–Trinajstić information content (AvgIpc) is 3.13. The number of rotatable bonds is 3. The van der Waals surface area contributed by atoms with E-state index < -0.39 is 10.8 Å². The molecule has 1 amide bonds. The normalized spacial score (nSPS) is 15.7. The number of anilines is 1. The minimum Gasteiger partial charge on any atom is -0.306 e. The molecule has 0 saturated carbocycles. The van der Waals surface area contributed by atoms with Crippen molar-refractivity contribution in [1.29, 1.82) is 0 Å². The van der Waals surface area contributed by atoms with Crippen molar-refractivity contribution in [3.05, 3.63) is 76.2 Å². The summed E-state index contributed by atoms with van der Waals surface area (Å²) in [6, 6.07) is 12.3. The molecule has 2 aromatic carbocycles. The van der Waals surface area contributed by atoms with E-state index in [1.165, 1.54) is 12.1 Å². The Balaban J connectivity index is 1.74. The fourth-order valence-corrected chi connectivity index (χ4v) is 4.20. The van der Waals surface area contributed by atoms with E-state index in [-0.39, 0.29) is 11.7 Å². The van der Waals surface area contributed by atoms with Crippen LogP contribution in [0.3, 0.4) is 0 Å². The Kier molecular flexibility index (Phi) is 4.34. The second-order valence-corrected chi connectivity index (χ2v) is 7.75. The van der Waals surface area contributed by atoms with Crippen LogP contribution < -0.4 is 5.32 Å². The number of nitrogens with one attached hydrogen (secondary N) is 1. The average molecular weight is 390 g/mol. The van der Waals surface area contributed by atoms with Crippen LogP contribution in [0.5, 0.6) is 0 Å². The van der Waals surface area contributed by atoms with Crippen molar-refractivity contribution >= 4 is 34.1 Å². The third kappa shape index (κ3) is 3.15. The lowest BCUT2D eigenvalue weighted by atomic mass is 10.2. The number of halogens is 2. The van der Waals surface area contributed by atoms with E-state index in [0.29, 0.717) is 39.3 Å². The highest BCUT2D eigenvalue weighted by molar-refractivity contribution is 7.83. The first-order chi connectivity index (χ1) is 12.5. The Morgan fingerprint density at radius 1 is 1.12 bits per heavy atom. The summed E-state index contributed by atoms with van der Waals surface area (Å²) in [4.78, 5) is 12.6. The number of amides is 1. The number of nitrogens with zero attached hydrogens (tertiary/aromatic N) is 2. The van der Waals surface area contributed by atoms with Gasteiger partial charge in [0.1, 0.15) is 11.6 Å². The molecule has 5 nitrogen and oxygen atoms in total. The predicted molar refractivity (Wildman–Crippen MR) is 98.5 cm³/mol. The summed E-state index contributed by atoms with van der Waals surface area (Å²) in [5.74, 6) is 0.434. The third-order valence-electron chi connectivity index (χ3n) is 4.08. The molecule has 1 aromatic heterocycles. The number of aromatic nitrogens is 2. The van der Waals surface area contributed by atoms with Crippen LogP contribution in [0, 0.1) is 5.82 Å². The minimum atomic E-state index is -1.03. The predicted octanol–water partition coefficient (Wildman–Crippen LogP) is 3.68. The van der Waals surface area contributed by atoms with E-state index in [0.717, 1.165) is 5.56 Å². The first-order valence-electron chi connectivity index (χ1n) is 7.80. The van der Waals surface area contributed by atoms with Crippen molar-refractivity contribution in [2.75, 3.05) is 5.32 Å². The molecule has 0 aliphatic carbocycles. The van der Waals surface area contributed by atoms with Crippen molar-refractivity contribution in [3.63, 3.8) is 0 Å². The van der Waals surface area contributed by atoms with Crippen LogP contribution in [-0.4, -0.2) is 19.9 Å². The molecular formula is C18H13ClFN3O2S. The largest absolute Gasteiger partial charge is 0.306 e. The zero-order chi connectivity index (χ0) is 18.3. The molecule has 3 aromatic rings. The van der Waals surface area contributed by atoms with Gasteiger partial charge in [-0.2, -0.15) is 5.10 Å². The van der Waals surface area contributed by atoms with Gasteiger partial charge in [-0.3, -0.25) is 9.00 Å². The van der Waals surface area contributed by atoms with E-state index >= 15 is 0 Å². The van der Waals surface area contributed by atoms with Crippen LogP contribution in [0.25, 0.3) is 5.69 Å². The Bertz CT molecular complexity index is 1020. The highest BCUT2D eigenvalue weighted by Gasteiger charge is 2.28. The summed E-state index contributed by atoms with van der Waals surface area (Å²) < 4.78 is 26.7. The van der Waals surface area contributed by atoms with Gasteiger partial charge in [-0.1, -0.05) is 11.6 Å². The molecular weight excluding hydrogens is 377 g/mol. The summed E-state index contributed by atoms with van der Waals surface area (Å²) in [7, 11) is -1.03. The third-order valence-corrected chi connectivity index (χ3v) is 5.54. The summed E-state index contributed by atoms with van der Waals surface area (Å²) >= 11 is 5.86. The van der Waals surface area contributed by atoms with Crippen LogP contribution in [0.4, 0.5) is 10.2 Å². The van der Waals surface area contributed by atoms with Gasteiger partial charge in [0.2, 0.25) is 0 Å². The Morgan fingerprint density at radius 2 is 1.81 bits per heavy atom. The van der Waals surface area contributed by atoms with Gasteiger partial charge in [-0.25, -0.2) is 9.07 Å². The molecule has 1 N–H and O–H groups in total. The lowest BCUT2D eigenvalue weighted by Gasteiger charge is -2.11. The first-order valence-corrected chi connectivity index (χ1v) is 9.66. The maximum absolute atomic E-state index is 13.2. The van der Waals surface area contributed by atoms with Crippen LogP contribution in [0.15, 0.2) is 48.5 Å². The maximum atomic E-state index is 13.2. The van der Waals surface area contributed by atoms with Crippen LogP contribution in [-0.2, 0) is 22.3 Å². The van der Waals surface area contributed by atoms with E-state index in [2.05, 4.69) is 10.4 Å². The van der Waals surface area contributed by atoms with E-state index in [1.807, 2.05) is 0 Å². The molecule has 0 spiro atoms. The van der Waals surface area contributed by atoms with Crippen molar-refractivity contribution < 1.29 is 13.4 Å². The highest BCUT2D eigenvalue weighted by atomic mass is 35.5. The van der Waals surface area contributed by atoms with E-state index in [1.54, 1.807) is 41.1 Å². The summed E-state index contributed by atoms with van der Waals surface area (Å²) in [6.07, 6.45) is 0. The fraction of sp³-hybridized carbons (Fsp3) is 0.111. The molecule has 2 heterocycles. The Labute approximate surface area is 156 Å². The fourth-order valence-electron chi connectivity index (χ4n) is 2.81. The van der Waals surface area contributed by atoms with Gasteiger partial charge in [0.25, 0.3) is 5.91 Å². The molecule has 0 saturated heterocycles. The maximum Gasteiger partial charge on any atom is 0.256 e.